The smallest absolute Gasteiger partial charge is 0.317 e. The number of aliphatic carboxylic acids is 1. The fourth-order valence-corrected chi connectivity index (χ4v) is 3.30. The number of carboxylic acid groups (broad SMARTS) is 1. The van der Waals surface area contributed by atoms with Crippen LogP contribution in [0.2, 0.25) is 0 Å². The molecule has 2 aliphatic heterocycles. The lowest BCUT2D eigenvalue weighted by molar-refractivity contribution is -0.142. The van der Waals surface area contributed by atoms with Crippen LogP contribution in [0.5, 0.6) is 0 Å². The summed E-state index contributed by atoms with van der Waals surface area (Å²) in [6, 6.07) is -0.112. The lowest BCUT2D eigenvalue weighted by Crippen LogP contribution is -2.40. The van der Waals surface area contributed by atoms with Gasteiger partial charge in [-0.25, -0.2) is 4.79 Å². The minimum Gasteiger partial charge on any atom is -0.481 e. The number of rotatable bonds is 4. The first kappa shape index (κ1) is 16.1. The van der Waals surface area contributed by atoms with Gasteiger partial charge >= 0.3 is 12.0 Å². The van der Waals surface area contributed by atoms with Crippen LogP contribution in [0.15, 0.2) is 0 Å². The normalized spacial score (nSPS) is 27.8. The molecule has 2 aliphatic rings. The SMILES string of the molecule is C[C@@H]1CN(C(=O)NCCC2CCN(C)CC2)C[C@H]1C(=O)O. The Balaban J connectivity index is 1.67. The van der Waals surface area contributed by atoms with Crippen LogP contribution in [0.25, 0.3) is 0 Å². The van der Waals surface area contributed by atoms with Gasteiger partial charge in [-0.15, -0.1) is 0 Å². The van der Waals surface area contributed by atoms with E-state index in [1.165, 1.54) is 12.8 Å². The molecule has 2 N–H and O–H groups in total. The minimum absolute atomic E-state index is 0.0298. The largest absolute Gasteiger partial charge is 0.481 e. The van der Waals surface area contributed by atoms with Crippen molar-refractivity contribution in [3.05, 3.63) is 0 Å². The number of piperidine rings is 1. The maximum absolute atomic E-state index is 12.1. The summed E-state index contributed by atoms with van der Waals surface area (Å²) >= 11 is 0. The lowest BCUT2D eigenvalue weighted by atomic mass is 9.94. The molecular formula is C15H27N3O3. The van der Waals surface area contributed by atoms with Gasteiger partial charge in [-0.1, -0.05) is 6.92 Å². The van der Waals surface area contributed by atoms with Crippen molar-refractivity contribution in [2.75, 3.05) is 39.8 Å². The number of nitrogens with zero attached hydrogens (tertiary/aromatic N) is 2. The lowest BCUT2D eigenvalue weighted by Gasteiger charge is -2.29. The molecule has 21 heavy (non-hydrogen) atoms. The van der Waals surface area contributed by atoms with Crippen LogP contribution >= 0.6 is 0 Å². The third-order valence-electron chi connectivity index (χ3n) is 4.88. The topological polar surface area (TPSA) is 72.9 Å². The van der Waals surface area contributed by atoms with E-state index < -0.39 is 11.9 Å². The maximum atomic E-state index is 12.1. The minimum atomic E-state index is -0.802. The van der Waals surface area contributed by atoms with Gasteiger partial charge in [0.2, 0.25) is 0 Å². The summed E-state index contributed by atoms with van der Waals surface area (Å²) in [4.78, 5) is 27.1. The fraction of sp³-hybridized carbons (Fsp3) is 0.867. The van der Waals surface area contributed by atoms with E-state index in [1.807, 2.05) is 6.92 Å². The average Bonchev–Trinajstić information content (AvgIpc) is 2.83. The van der Waals surface area contributed by atoms with Crippen molar-refractivity contribution in [1.82, 2.24) is 15.1 Å². The van der Waals surface area contributed by atoms with Gasteiger partial charge in [0.15, 0.2) is 0 Å². The highest BCUT2D eigenvalue weighted by molar-refractivity contribution is 5.77. The molecule has 0 spiro atoms. The quantitative estimate of drug-likeness (QED) is 0.814. The molecule has 6 heteroatoms. The standard InChI is InChI=1S/C15H27N3O3/c1-11-9-18(10-13(11)14(19)20)15(21)16-6-3-12-4-7-17(2)8-5-12/h11-13H,3-10H2,1-2H3,(H,16,21)(H,19,20)/t11-,13-/m1/s1. The molecule has 0 aromatic rings. The zero-order valence-electron chi connectivity index (χ0n) is 13.0. The molecule has 6 nitrogen and oxygen atoms in total. The van der Waals surface area contributed by atoms with Crippen LogP contribution in [-0.2, 0) is 4.79 Å². The molecule has 0 bridgehead atoms. The van der Waals surface area contributed by atoms with E-state index in [9.17, 15) is 9.59 Å². The summed E-state index contributed by atoms with van der Waals surface area (Å²) in [5.41, 5.74) is 0. The van der Waals surface area contributed by atoms with Crippen LogP contribution < -0.4 is 5.32 Å². The van der Waals surface area contributed by atoms with Gasteiger partial charge < -0.3 is 20.2 Å². The molecule has 2 rings (SSSR count). The molecule has 0 saturated carbocycles. The van der Waals surface area contributed by atoms with E-state index in [0.29, 0.717) is 25.6 Å². The van der Waals surface area contributed by atoms with Gasteiger partial charge in [0.05, 0.1) is 5.92 Å². The summed E-state index contributed by atoms with van der Waals surface area (Å²) in [5.74, 6) is -0.498. The Bertz CT molecular complexity index is 380. The molecule has 0 aromatic carbocycles. The summed E-state index contributed by atoms with van der Waals surface area (Å²) in [7, 11) is 2.14. The van der Waals surface area contributed by atoms with E-state index in [2.05, 4.69) is 17.3 Å². The number of hydrogen-bond donors (Lipinski definition) is 2. The van der Waals surface area contributed by atoms with Crippen LogP contribution in [-0.4, -0.2) is 66.7 Å². The molecule has 0 aliphatic carbocycles. The zero-order chi connectivity index (χ0) is 15.4. The molecule has 0 aromatic heterocycles. The number of carbonyl (C=O) groups excluding carboxylic acids is 1. The van der Waals surface area contributed by atoms with Gasteiger partial charge in [-0.2, -0.15) is 0 Å². The van der Waals surface area contributed by atoms with Gasteiger partial charge in [0.25, 0.3) is 0 Å². The Morgan fingerprint density at radius 3 is 2.48 bits per heavy atom. The Kier molecular flexibility index (Phi) is 5.45. The second kappa shape index (κ2) is 7.11. The molecule has 0 radical (unpaired) electrons. The van der Waals surface area contributed by atoms with Crippen LogP contribution in [0.1, 0.15) is 26.2 Å². The average molecular weight is 297 g/mol. The Morgan fingerprint density at radius 2 is 1.90 bits per heavy atom. The molecule has 2 atom stereocenters. The molecule has 2 heterocycles. The Labute approximate surface area is 126 Å². The second-order valence-corrected chi connectivity index (χ2v) is 6.59. The number of amides is 2. The van der Waals surface area contributed by atoms with Crippen molar-refractivity contribution in [2.45, 2.75) is 26.2 Å². The zero-order valence-corrected chi connectivity index (χ0v) is 13.0. The summed E-state index contributed by atoms with van der Waals surface area (Å²) < 4.78 is 0. The molecule has 120 valence electrons. The highest BCUT2D eigenvalue weighted by Crippen LogP contribution is 2.23. The highest BCUT2D eigenvalue weighted by atomic mass is 16.4. The van der Waals surface area contributed by atoms with Crippen LogP contribution in [0.4, 0.5) is 4.79 Å². The number of hydrogen-bond acceptors (Lipinski definition) is 3. The van der Waals surface area contributed by atoms with E-state index in [-0.39, 0.29) is 11.9 Å². The van der Waals surface area contributed by atoms with Gasteiger partial charge in [-0.05, 0) is 51.2 Å². The third kappa shape index (κ3) is 4.33. The number of urea groups is 1. The number of carboxylic acids is 1. The predicted octanol–water partition coefficient (Wildman–Crippen LogP) is 1.08. The van der Waals surface area contributed by atoms with Gasteiger partial charge in [-0.3, -0.25) is 4.79 Å². The molecule has 2 amide bonds. The number of carbonyl (C=O) groups is 2. The molecule has 2 saturated heterocycles. The van der Waals surface area contributed by atoms with Gasteiger partial charge in [0, 0.05) is 19.6 Å². The van der Waals surface area contributed by atoms with Crippen molar-refractivity contribution < 1.29 is 14.7 Å². The first-order valence-electron chi connectivity index (χ1n) is 7.91. The monoisotopic (exact) mass is 297 g/mol. The number of nitrogens with one attached hydrogen (secondary N) is 1. The third-order valence-corrected chi connectivity index (χ3v) is 4.88. The molecule has 0 unspecified atom stereocenters. The highest BCUT2D eigenvalue weighted by Gasteiger charge is 2.36. The fourth-order valence-electron chi connectivity index (χ4n) is 3.30. The van der Waals surface area contributed by atoms with Crippen molar-refractivity contribution in [1.29, 1.82) is 0 Å². The molecular weight excluding hydrogens is 270 g/mol. The Hall–Kier alpha value is -1.30. The van der Waals surface area contributed by atoms with Crippen molar-refractivity contribution in [3.63, 3.8) is 0 Å². The summed E-state index contributed by atoms with van der Waals surface area (Å²) in [6.07, 6.45) is 3.42. The first-order chi connectivity index (χ1) is 9.97. The van der Waals surface area contributed by atoms with E-state index >= 15 is 0 Å². The number of likely N-dealkylation sites (tertiary alicyclic amines) is 2. The van der Waals surface area contributed by atoms with Crippen molar-refractivity contribution >= 4 is 12.0 Å². The molecule has 2 fully saturated rings. The second-order valence-electron chi connectivity index (χ2n) is 6.59. The predicted molar refractivity (Wildman–Crippen MR) is 80.1 cm³/mol. The van der Waals surface area contributed by atoms with E-state index in [1.54, 1.807) is 4.90 Å². The van der Waals surface area contributed by atoms with E-state index in [4.69, 9.17) is 5.11 Å². The van der Waals surface area contributed by atoms with E-state index in [0.717, 1.165) is 19.5 Å². The van der Waals surface area contributed by atoms with Crippen molar-refractivity contribution in [2.24, 2.45) is 17.8 Å². The van der Waals surface area contributed by atoms with Gasteiger partial charge in [0.1, 0.15) is 0 Å². The maximum Gasteiger partial charge on any atom is 0.317 e. The first-order valence-corrected chi connectivity index (χ1v) is 7.91. The summed E-state index contributed by atoms with van der Waals surface area (Å²) in [5, 5.41) is 12.0. The van der Waals surface area contributed by atoms with Crippen LogP contribution in [0, 0.1) is 17.8 Å². The van der Waals surface area contributed by atoms with Crippen molar-refractivity contribution in [3.8, 4) is 0 Å². The van der Waals surface area contributed by atoms with Crippen LogP contribution in [0.3, 0.4) is 0 Å². The Morgan fingerprint density at radius 1 is 1.24 bits per heavy atom. The summed E-state index contributed by atoms with van der Waals surface area (Å²) in [6.45, 7) is 5.74.